The fraction of sp³-hybridized carbons (Fsp3) is 0.846. The van der Waals surface area contributed by atoms with E-state index in [9.17, 15) is 0 Å². The molecule has 1 aromatic rings. The number of H-pyrrole nitrogens is 1. The Kier molecular flexibility index (Phi) is 4.10. The highest BCUT2D eigenvalue weighted by atomic mass is 32.1. The van der Waals surface area contributed by atoms with Crippen LogP contribution in [0.3, 0.4) is 0 Å². The number of anilines is 1. The zero-order valence-electron chi connectivity index (χ0n) is 11.7. The molecule has 1 fully saturated rings. The molecule has 0 aromatic carbocycles. The Hall–Kier alpha value is -0.840. The zero-order valence-corrected chi connectivity index (χ0v) is 12.5. The van der Waals surface area contributed by atoms with Gasteiger partial charge in [-0.1, -0.05) is 20.8 Å². The Morgan fingerprint density at radius 2 is 2.11 bits per heavy atom. The van der Waals surface area contributed by atoms with Crippen LogP contribution >= 0.6 is 12.2 Å². The molecule has 2 heterocycles. The number of aromatic amines is 1. The Bertz CT molecular complexity index is 446. The van der Waals surface area contributed by atoms with Gasteiger partial charge in [-0.2, -0.15) is 0 Å². The van der Waals surface area contributed by atoms with Crippen molar-refractivity contribution in [2.75, 3.05) is 18.0 Å². The second kappa shape index (κ2) is 5.43. The Morgan fingerprint density at radius 1 is 1.33 bits per heavy atom. The molecule has 1 saturated heterocycles. The van der Waals surface area contributed by atoms with Crippen molar-refractivity contribution in [1.29, 1.82) is 0 Å². The molecule has 0 bridgehead atoms. The highest BCUT2D eigenvalue weighted by Gasteiger charge is 2.25. The predicted octanol–water partition coefficient (Wildman–Crippen LogP) is 3.37. The molecule has 1 N–H and O–H groups in total. The van der Waals surface area contributed by atoms with Crippen molar-refractivity contribution in [2.45, 2.75) is 53.0 Å². The normalized spacial score (nSPS) is 19.8. The number of aromatic nitrogens is 3. The average molecular weight is 268 g/mol. The van der Waals surface area contributed by atoms with Crippen LogP contribution < -0.4 is 4.90 Å². The van der Waals surface area contributed by atoms with Gasteiger partial charge in [-0.3, -0.25) is 4.57 Å². The summed E-state index contributed by atoms with van der Waals surface area (Å²) in [6.07, 6.45) is 4.83. The molecule has 0 radical (unpaired) electrons. The largest absolute Gasteiger partial charge is 0.341 e. The molecule has 0 unspecified atom stereocenters. The molecule has 0 atom stereocenters. The van der Waals surface area contributed by atoms with Gasteiger partial charge < -0.3 is 4.90 Å². The number of rotatable bonds is 3. The molecule has 102 valence electrons. The van der Waals surface area contributed by atoms with Crippen LogP contribution in [-0.4, -0.2) is 27.9 Å². The second-order valence-electron chi connectivity index (χ2n) is 5.99. The standard InChI is InChI=1S/C13H24N4S/c1-4-8-17-11(14-15-12(17)18)16-9-5-6-13(2,3)7-10-16/h4-10H2,1-3H3,(H,15,18). The lowest BCUT2D eigenvalue weighted by molar-refractivity contribution is 0.325. The second-order valence-corrected chi connectivity index (χ2v) is 6.37. The Morgan fingerprint density at radius 3 is 2.83 bits per heavy atom. The minimum absolute atomic E-state index is 0.456. The van der Waals surface area contributed by atoms with Crippen molar-refractivity contribution in [3.8, 4) is 0 Å². The van der Waals surface area contributed by atoms with Gasteiger partial charge in [0.05, 0.1) is 0 Å². The molecular weight excluding hydrogens is 244 g/mol. The third-order valence-electron chi connectivity index (χ3n) is 3.81. The molecule has 0 saturated carbocycles. The molecule has 0 amide bonds. The number of hydrogen-bond acceptors (Lipinski definition) is 3. The van der Waals surface area contributed by atoms with E-state index in [2.05, 4.69) is 40.4 Å². The molecule has 5 heteroatoms. The Labute approximate surface area is 114 Å². The SMILES string of the molecule is CCCn1c(N2CCCC(C)(C)CC2)n[nH]c1=S. The molecule has 1 aliphatic rings. The summed E-state index contributed by atoms with van der Waals surface area (Å²) in [7, 11) is 0. The highest BCUT2D eigenvalue weighted by Crippen LogP contribution is 2.31. The van der Waals surface area contributed by atoms with E-state index in [0.29, 0.717) is 5.41 Å². The van der Waals surface area contributed by atoms with Crippen LogP contribution in [0.4, 0.5) is 5.95 Å². The van der Waals surface area contributed by atoms with E-state index in [0.717, 1.165) is 36.8 Å². The lowest BCUT2D eigenvalue weighted by atomic mass is 9.85. The van der Waals surface area contributed by atoms with E-state index in [1.807, 2.05) is 0 Å². The van der Waals surface area contributed by atoms with Crippen molar-refractivity contribution in [3.63, 3.8) is 0 Å². The van der Waals surface area contributed by atoms with E-state index in [1.165, 1.54) is 19.3 Å². The van der Waals surface area contributed by atoms with Gasteiger partial charge in [0.25, 0.3) is 0 Å². The maximum atomic E-state index is 5.30. The van der Waals surface area contributed by atoms with Crippen molar-refractivity contribution >= 4 is 18.2 Å². The van der Waals surface area contributed by atoms with Crippen molar-refractivity contribution < 1.29 is 0 Å². The van der Waals surface area contributed by atoms with Crippen molar-refractivity contribution in [3.05, 3.63) is 4.77 Å². The summed E-state index contributed by atoms with van der Waals surface area (Å²) in [6, 6.07) is 0. The lowest BCUT2D eigenvalue weighted by Gasteiger charge is -2.24. The maximum absolute atomic E-state index is 5.30. The molecule has 18 heavy (non-hydrogen) atoms. The van der Waals surface area contributed by atoms with Gasteiger partial charge in [0, 0.05) is 19.6 Å². The molecule has 0 aliphatic carbocycles. The van der Waals surface area contributed by atoms with E-state index in [-0.39, 0.29) is 0 Å². The average Bonchev–Trinajstić information content (AvgIpc) is 2.56. The summed E-state index contributed by atoms with van der Waals surface area (Å²) in [5, 5.41) is 7.35. The topological polar surface area (TPSA) is 36.9 Å². The number of nitrogens with zero attached hydrogens (tertiary/aromatic N) is 3. The van der Waals surface area contributed by atoms with Crippen LogP contribution in [0.25, 0.3) is 0 Å². The van der Waals surface area contributed by atoms with Crippen LogP contribution in [0.2, 0.25) is 0 Å². The van der Waals surface area contributed by atoms with Crippen molar-refractivity contribution in [2.24, 2.45) is 5.41 Å². The monoisotopic (exact) mass is 268 g/mol. The van der Waals surface area contributed by atoms with Gasteiger partial charge in [0.1, 0.15) is 0 Å². The first kappa shape index (κ1) is 13.6. The quantitative estimate of drug-likeness (QED) is 0.854. The third-order valence-corrected chi connectivity index (χ3v) is 4.12. The first-order chi connectivity index (χ1) is 8.53. The van der Waals surface area contributed by atoms with E-state index < -0.39 is 0 Å². The minimum atomic E-state index is 0.456. The van der Waals surface area contributed by atoms with Gasteiger partial charge in [-0.15, -0.1) is 5.10 Å². The third kappa shape index (κ3) is 2.94. The van der Waals surface area contributed by atoms with E-state index in [4.69, 9.17) is 12.2 Å². The van der Waals surface area contributed by atoms with Gasteiger partial charge >= 0.3 is 0 Å². The highest BCUT2D eigenvalue weighted by molar-refractivity contribution is 7.71. The van der Waals surface area contributed by atoms with Crippen LogP contribution in [0.1, 0.15) is 46.5 Å². The van der Waals surface area contributed by atoms with Gasteiger partial charge in [-0.05, 0) is 43.3 Å². The molecule has 1 aliphatic heterocycles. The number of hydrogen-bond donors (Lipinski definition) is 1. The maximum Gasteiger partial charge on any atom is 0.225 e. The minimum Gasteiger partial charge on any atom is -0.341 e. The summed E-state index contributed by atoms with van der Waals surface area (Å²) < 4.78 is 2.88. The van der Waals surface area contributed by atoms with Gasteiger partial charge in [-0.25, -0.2) is 5.10 Å². The van der Waals surface area contributed by atoms with Crippen LogP contribution in [0.5, 0.6) is 0 Å². The molecule has 0 spiro atoms. The molecule has 2 rings (SSSR count). The predicted molar refractivity (Wildman–Crippen MR) is 77.5 cm³/mol. The molecule has 4 nitrogen and oxygen atoms in total. The summed E-state index contributed by atoms with van der Waals surface area (Å²) in [4.78, 5) is 2.39. The van der Waals surface area contributed by atoms with Crippen molar-refractivity contribution in [1.82, 2.24) is 14.8 Å². The van der Waals surface area contributed by atoms with Gasteiger partial charge in [0.15, 0.2) is 4.77 Å². The summed E-state index contributed by atoms with van der Waals surface area (Å²) in [5.74, 6) is 1.03. The van der Waals surface area contributed by atoms with E-state index in [1.54, 1.807) is 0 Å². The lowest BCUT2D eigenvalue weighted by Crippen LogP contribution is -2.28. The summed E-state index contributed by atoms with van der Waals surface area (Å²) in [5.41, 5.74) is 0.456. The molecule has 1 aromatic heterocycles. The molecular formula is C13H24N4S. The zero-order chi connectivity index (χ0) is 13.2. The first-order valence-corrected chi connectivity index (χ1v) is 7.34. The fourth-order valence-corrected chi connectivity index (χ4v) is 2.82. The van der Waals surface area contributed by atoms with Crippen LogP contribution in [0, 0.1) is 10.2 Å². The smallest absolute Gasteiger partial charge is 0.225 e. The fourth-order valence-electron chi connectivity index (χ4n) is 2.60. The van der Waals surface area contributed by atoms with E-state index >= 15 is 0 Å². The summed E-state index contributed by atoms with van der Waals surface area (Å²) in [6.45, 7) is 10.0. The first-order valence-electron chi connectivity index (χ1n) is 6.94. The summed E-state index contributed by atoms with van der Waals surface area (Å²) >= 11 is 5.30. The van der Waals surface area contributed by atoms with Crippen LogP contribution in [-0.2, 0) is 6.54 Å². The van der Waals surface area contributed by atoms with Gasteiger partial charge in [0.2, 0.25) is 5.95 Å². The number of nitrogens with one attached hydrogen (secondary N) is 1. The Balaban J connectivity index is 2.18. The van der Waals surface area contributed by atoms with Crippen LogP contribution in [0.15, 0.2) is 0 Å².